The molecule has 3 N–H and O–H groups in total. The van der Waals surface area contributed by atoms with Crippen LogP contribution in [-0.2, 0) is 0 Å². The van der Waals surface area contributed by atoms with Crippen LogP contribution in [-0.4, -0.2) is 22.4 Å². The first-order valence-corrected chi connectivity index (χ1v) is 5.66. The predicted octanol–water partition coefficient (Wildman–Crippen LogP) is 2.98. The van der Waals surface area contributed by atoms with Crippen LogP contribution >= 0.6 is 0 Å². The van der Waals surface area contributed by atoms with E-state index in [1.165, 1.54) is 31.4 Å². The molecule has 0 amide bonds. The van der Waals surface area contributed by atoms with Crippen LogP contribution in [0.2, 0.25) is 0 Å². The van der Waals surface area contributed by atoms with Crippen LogP contribution in [0.25, 0.3) is 12.2 Å². The van der Waals surface area contributed by atoms with E-state index in [1.54, 1.807) is 24.3 Å². The molecular weight excluding hydrogens is 244 g/mol. The molecule has 0 aliphatic rings. The average molecular weight is 258 g/mol. The molecule has 2 aromatic carbocycles. The fourth-order valence-corrected chi connectivity index (χ4v) is 1.73. The summed E-state index contributed by atoms with van der Waals surface area (Å²) in [5.41, 5.74) is 1.40. The summed E-state index contributed by atoms with van der Waals surface area (Å²) in [4.78, 5) is 0. The number of phenolic OH excluding ortho intramolecular Hbond substituents is 3. The molecule has 19 heavy (non-hydrogen) atoms. The van der Waals surface area contributed by atoms with Gasteiger partial charge in [-0.2, -0.15) is 0 Å². The van der Waals surface area contributed by atoms with Gasteiger partial charge in [0.25, 0.3) is 0 Å². The molecule has 98 valence electrons. The summed E-state index contributed by atoms with van der Waals surface area (Å²) >= 11 is 0. The summed E-state index contributed by atoms with van der Waals surface area (Å²) in [5.74, 6) is 0.650. The summed E-state index contributed by atoms with van der Waals surface area (Å²) < 4.78 is 5.05. The molecule has 0 aliphatic carbocycles. The van der Waals surface area contributed by atoms with Gasteiger partial charge in [0.2, 0.25) is 0 Å². The highest BCUT2D eigenvalue weighted by atomic mass is 16.5. The van der Waals surface area contributed by atoms with Gasteiger partial charge in [-0.25, -0.2) is 0 Å². The first kappa shape index (κ1) is 12.8. The lowest BCUT2D eigenvalue weighted by atomic mass is 10.1. The minimum absolute atomic E-state index is 0.00635. The number of benzene rings is 2. The van der Waals surface area contributed by atoms with E-state index in [4.69, 9.17) is 4.74 Å². The average Bonchev–Trinajstić information content (AvgIpc) is 2.34. The van der Waals surface area contributed by atoms with Crippen LogP contribution in [0, 0.1) is 0 Å². The molecular formula is C15H14O4. The minimum Gasteiger partial charge on any atom is -0.508 e. The van der Waals surface area contributed by atoms with Crippen LogP contribution in [0.5, 0.6) is 23.0 Å². The molecule has 2 rings (SSSR count). The minimum atomic E-state index is -0.00635. The molecule has 0 radical (unpaired) electrons. The monoisotopic (exact) mass is 258 g/mol. The zero-order chi connectivity index (χ0) is 13.8. The molecule has 4 nitrogen and oxygen atoms in total. The van der Waals surface area contributed by atoms with Gasteiger partial charge in [0.1, 0.15) is 23.0 Å². The summed E-state index contributed by atoms with van der Waals surface area (Å²) in [6.07, 6.45) is 3.46. The van der Waals surface area contributed by atoms with Crippen molar-refractivity contribution in [2.45, 2.75) is 0 Å². The first-order chi connectivity index (χ1) is 9.06. The van der Waals surface area contributed by atoms with E-state index < -0.39 is 0 Å². The van der Waals surface area contributed by atoms with Crippen molar-refractivity contribution in [1.29, 1.82) is 0 Å². The smallest absolute Gasteiger partial charge is 0.123 e. The number of phenols is 3. The predicted molar refractivity (Wildman–Crippen MR) is 73.4 cm³/mol. The van der Waals surface area contributed by atoms with Gasteiger partial charge < -0.3 is 20.1 Å². The molecule has 2 aromatic rings. The van der Waals surface area contributed by atoms with Crippen molar-refractivity contribution in [1.82, 2.24) is 0 Å². The van der Waals surface area contributed by atoms with E-state index in [0.717, 1.165) is 5.56 Å². The highest BCUT2D eigenvalue weighted by Crippen LogP contribution is 2.25. The Balaban J connectivity index is 2.29. The van der Waals surface area contributed by atoms with Crippen LogP contribution in [0.15, 0.2) is 36.4 Å². The highest BCUT2D eigenvalue weighted by molar-refractivity contribution is 5.72. The maximum absolute atomic E-state index is 9.52. The number of ether oxygens (including phenoxy) is 1. The molecule has 4 heteroatoms. The Hall–Kier alpha value is -2.62. The Bertz CT molecular complexity index is 597. The number of hydrogen-bond acceptors (Lipinski definition) is 4. The zero-order valence-electron chi connectivity index (χ0n) is 10.4. The molecule has 0 unspecified atom stereocenters. The summed E-state index contributed by atoms with van der Waals surface area (Å²) in [7, 11) is 1.52. The number of rotatable bonds is 3. The third kappa shape index (κ3) is 3.42. The lowest BCUT2D eigenvalue weighted by molar-refractivity contribution is 0.407. The van der Waals surface area contributed by atoms with Gasteiger partial charge in [-0.1, -0.05) is 12.2 Å². The molecule has 0 heterocycles. The maximum Gasteiger partial charge on any atom is 0.123 e. The molecule has 0 saturated carbocycles. The Morgan fingerprint density at radius 3 is 1.74 bits per heavy atom. The Morgan fingerprint density at radius 2 is 1.21 bits per heavy atom. The van der Waals surface area contributed by atoms with Crippen LogP contribution in [0.4, 0.5) is 0 Å². The van der Waals surface area contributed by atoms with Crippen molar-refractivity contribution in [3.8, 4) is 23.0 Å². The second-order valence-corrected chi connectivity index (χ2v) is 4.08. The topological polar surface area (TPSA) is 69.9 Å². The van der Waals surface area contributed by atoms with Gasteiger partial charge in [0.15, 0.2) is 0 Å². The van der Waals surface area contributed by atoms with Gasteiger partial charge in [-0.05, 0) is 35.4 Å². The molecule has 0 spiro atoms. The van der Waals surface area contributed by atoms with E-state index >= 15 is 0 Å². The third-order valence-corrected chi connectivity index (χ3v) is 2.54. The first-order valence-electron chi connectivity index (χ1n) is 5.66. The van der Waals surface area contributed by atoms with Crippen molar-refractivity contribution >= 4 is 12.2 Å². The summed E-state index contributed by atoms with van der Waals surface area (Å²) in [5, 5.41) is 28.2. The summed E-state index contributed by atoms with van der Waals surface area (Å²) in [6, 6.07) is 9.17. The van der Waals surface area contributed by atoms with E-state index in [9.17, 15) is 15.3 Å². The van der Waals surface area contributed by atoms with Gasteiger partial charge in [-0.3, -0.25) is 0 Å². The van der Waals surface area contributed by atoms with Gasteiger partial charge in [-0.15, -0.1) is 0 Å². The second kappa shape index (κ2) is 5.35. The SMILES string of the molecule is COc1cc(O)cc(/C=C/c2cc(O)cc(O)c2)c1. The number of hydrogen-bond donors (Lipinski definition) is 3. The van der Waals surface area contributed by atoms with Gasteiger partial charge in [0, 0.05) is 12.1 Å². The van der Waals surface area contributed by atoms with E-state index in [1.807, 2.05) is 0 Å². The number of methoxy groups -OCH3 is 1. The van der Waals surface area contributed by atoms with Gasteiger partial charge >= 0.3 is 0 Å². The molecule has 0 fully saturated rings. The maximum atomic E-state index is 9.52. The quantitative estimate of drug-likeness (QED) is 0.740. The van der Waals surface area contributed by atoms with Gasteiger partial charge in [0.05, 0.1) is 7.11 Å². The fraction of sp³-hybridized carbons (Fsp3) is 0.0667. The second-order valence-electron chi connectivity index (χ2n) is 4.08. The highest BCUT2D eigenvalue weighted by Gasteiger charge is 1.99. The largest absolute Gasteiger partial charge is 0.508 e. The fourth-order valence-electron chi connectivity index (χ4n) is 1.73. The molecule has 0 saturated heterocycles. The van der Waals surface area contributed by atoms with E-state index in [-0.39, 0.29) is 17.2 Å². The molecule has 0 aromatic heterocycles. The Kier molecular flexibility index (Phi) is 3.61. The molecule has 0 bridgehead atoms. The van der Waals surface area contributed by atoms with Crippen LogP contribution in [0.3, 0.4) is 0 Å². The van der Waals surface area contributed by atoms with Crippen molar-refractivity contribution in [3.63, 3.8) is 0 Å². The zero-order valence-corrected chi connectivity index (χ0v) is 10.4. The van der Waals surface area contributed by atoms with Crippen molar-refractivity contribution in [3.05, 3.63) is 47.5 Å². The standard InChI is InChI=1S/C15H14O4/c1-19-15-7-11(6-14(18)9-15)3-2-10-4-12(16)8-13(17)5-10/h2-9,16-18H,1H3/b3-2+. The van der Waals surface area contributed by atoms with Crippen LogP contribution in [0.1, 0.15) is 11.1 Å². The van der Waals surface area contributed by atoms with Crippen LogP contribution < -0.4 is 4.74 Å². The van der Waals surface area contributed by atoms with Crippen molar-refractivity contribution in [2.24, 2.45) is 0 Å². The normalized spacial score (nSPS) is 10.8. The molecule has 0 atom stereocenters. The van der Waals surface area contributed by atoms with Crippen molar-refractivity contribution < 1.29 is 20.1 Å². The Labute approximate surface area is 110 Å². The van der Waals surface area contributed by atoms with E-state index in [0.29, 0.717) is 11.3 Å². The molecule has 0 aliphatic heterocycles. The number of aromatic hydroxyl groups is 3. The lowest BCUT2D eigenvalue weighted by Crippen LogP contribution is -1.83. The summed E-state index contributed by atoms with van der Waals surface area (Å²) in [6.45, 7) is 0. The lowest BCUT2D eigenvalue weighted by Gasteiger charge is -2.03. The Morgan fingerprint density at radius 1 is 0.737 bits per heavy atom. The third-order valence-electron chi connectivity index (χ3n) is 2.54. The van der Waals surface area contributed by atoms with Crippen molar-refractivity contribution in [2.75, 3.05) is 7.11 Å². The van der Waals surface area contributed by atoms with E-state index in [2.05, 4.69) is 0 Å².